The molecule has 3 amide bonds. The Hall–Kier alpha value is -5.22. The number of alkyl carbamates (subject to hydrolysis) is 1. The number of aromatic nitrogens is 1. The number of H-pyrrole nitrogens is 1. The van der Waals surface area contributed by atoms with Gasteiger partial charge >= 0.3 is 12.1 Å². The van der Waals surface area contributed by atoms with Crippen LogP contribution >= 0.6 is 7.37 Å². The molecule has 4 aromatic rings. The van der Waals surface area contributed by atoms with Crippen LogP contribution in [0.4, 0.5) is 4.79 Å². The van der Waals surface area contributed by atoms with Crippen LogP contribution in [0.25, 0.3) is 10.9 Å². The Balaban J connectivity index is 1.29. The lowest BCUT2D eigenvalue weighted by Crippen LogP contribution is -2.52. The number of benzene rings is 3. The maximum atomic E-state index is 14.6. The molecular formula is C41H52N5O11PS. The average Bonchev–Trinajstić information content (AvgIpc) is 3.84. The van der Waals surface area contributed by atoms with E-state index in [1.54, 1.807) is 6.20 Å². The standard InChI is InChI=1S/C41H52N5O11PS/c1-59(55,56)46-34(15-7-10-22-42-40(52)57-26-29-11-3-2-4-12-29)37(48)45-36(23-28-16-18-31(47)19-17-28)58(53,54)27-41(20-8-9-21-41)39(51)44-35(38(49)50)24-30-25-43-33-14-6-5-13-32(30)33/h2-6,11-14,16-19,25,34-36,43,46-47H,7-10,15,20-24,26-27H2,1H3,(H,42,52)(H,44,51)(H,45,48)(H,49,50)(H,53,54)/t34?,35-,36?/m0/s1. The van der Waals surface area contributed by atoms with Gasteiger partial charge in [0.2, 0.25) is 29.2 Å². The molecule has 1 aliphatic carbocycles. The number of fused-ring (bicyclic) bond motifs is 1. The summed E-state index contributed by atoms with van der Waals surface area (Å²) in [5, 5.41) is 28.7. The molecule has 18 heteroatoms. The molecule has 1 heterocycles. The summed E-state index contributed by atoms with van der Waals surface area (Å²) in [6.07, 6.45) is 3.18. The predicted octanol–water partition coefficient (Wildman–Crippen LogP) is 4.52. The quantitative estimate of drug-likeness (QED) is 0.0428. The normalized spacial score (nSPS) is 16.3. The summed E-state index contributed by atoms with van der Waals surface area (Å²) >= 11 is 0. The first-order valence-electron chi connectivity index (χ1n) is 19.4. The molecule has 0 spiro atoms. The molecule has 318 valence electrons. The van der Waals surface area contributed by atoms with Crippen molar-refractivity contribution in [2.45, 2.75) is 82.3 Å². The second-order valence-corrected chi connectivity index (χ2v) is 19.4. The number of para-hydroxylation sites is 1. The van der Waals surface area contributed by atoms with Crippen LogP contribution in [-0.4, -0.2) is 89.2 Å². The van der Waals surface area contributed by atoms with Gasteiger partial charge in [0, 0.05) is 42.6 Å². The summed E-state index contributed by atoms with van der Waals surface area (Å²) in [6.45, 7) is 0.249. The summed E-state index contributed by atoms with van der Waals surface area (Å²) in [5.74, 6) is -4.39. The minimum Gasteiger partial charge on any atom is -0.508 e. The molecular weight excluding hydrogens is 802 g/mol. The number of aromatic amines is 1. The van der Waals surface area contributed by atoms with Crippen molar-refractivity contribution >= 4 is 52.2 Å². The molecule has 3 aromatic carbocycles. The maximum absolute atomic E-state index is 14.6. The highest BCUT2D eigenvalue weighted by Gasteiger charge is 2.49. The van der Waals surface area contributed by atoms with Gasteiger partial charge in [-0.25, -0.2) is 22.7 Å². The number of hydrogen-bond donors (Lipinski definition) is 8. The third kappa shape index (κ3) is 13.1. The van der Waals surface area contributed by atoms with Crippen LogP contribution in [0.1, 0.15) is 61.6 Å². The lowest BCUT2D eigenvalue weighted by atomic mass is 9.87. The van der Waals surface area contributed by atoms with Gasteiger partial charge in [0.1, 0.15) is 30.2 Å². The van der Waals surface area contributed by atoms with Gasteiger partial charge in [0.25, 0.3) is 0 Å². The lowest BCUT2D eigenvalue weighted by molar-refractivity contribution is -0.143. The van der Waals surface area contributed by atoms with Crippen LogP contribution in [0, 0.1) is 5.41 Å². The van der Waals surface area contributed by atoms with Crippen LogP contribution in [0.2, 0.25) is 0 Å². The van der Waals surface area contributed by atoms with E-state index in [0.29, 0.717) is 30.4 Å². The molecule has 0 saturated heterocycles. The fraction of sp³-hybridized carbons (Fsp3) is 0.415. The number of carboxylic acids is 1. The molecule has 16 nitrogen and oxygen atoms in total. The summed E-state index contributed by atoms with van der Waals surface area (Å²) < 4.78 is 46.9. The molecule has 4 atom stereocenters. The Bertz CT molecular complexity index is 2230. The highest BCUT2D eigenvalue weighted by molar-refractivity contribution is 7.88. The Morgan fingerprint density at radius 2 is 1.56 bits per heavy atom. The highest BCUT2D eigenvalue weighted by Crippen LogP contribution is 2.55. The average molecular weight is 854 g/mol. The van der Waals surface area contributed by atoms with E-state index in [0.717, 1.165) is 22.7 Å². The van der Waals surface area contributed by atoms with Crippen molar-refractivity contribution in [3.8, 4) is 5.75 Å². The fourth-order valence-corrected chi connectivity index (χ4v) is 10.6. The zero-order valence-corrected chi connectivity index (χ0v) is 34.5. The largest absolute Gasteiger partial charge is 0.508 e. The Kier molecular flexibility index (Phi) is 15.3. The molecule has 0 bridgehead atoms. The van der Waals surface area contributed by atoms with Crippen LogP contribution in [-0.2, 0) is 53.2 Å². The zero-order chi connectivity index (χ0) is 42.6. The number of aliphatic carboxylic acids is 1. The number of ether oxygens (including phenoxy) is 1. The van der Waals surface area contributed by atoms with Crippen LogP contribution < -0.4 is 20.7 Å². The molecule has 59 heavy (non-hydrogen) atoms. The first-order valence-corrected chi connectivity index (χ1v) is 23.2. The van der Waals surface area contributed by atoms with Gasteiger partial charge < -0.3 is 40.8 Å². The van der Waals surface area contributed by atoms with Crippen molar-refractivity contribution in [3.05, 3.63) is 102 Å². The maximum Gasteiger partial charge on any atom is 0.407 e. The number of amides is 3. The number of carbonyl (C=O) groups is 4. The van der Waals surface area contributed by atoms with E-state index in [2.05, 4.69) is 25.7 Å². The molecule has 0 radical (unpaired) electrons. The van der Waals surface area contributed by atoms with E-state index < -0.39 is 70.7 Å². The molecule has 1 aromatic heterocycles. The van der Waals surface area contributed by atoms with Crippen molar-refractivity contribution in [1.82, 2.24) is 25.7 Å². The second kappa shape index (κ2) is 20.2. The number of phenols is 1. The molecule has 1 saturated carbocycles. The lowest BCUT2D eigenvalue weighted by Gasteiger charge is -2.34. The Morgan fingerprint density at radius 3 is 2.24 bits per heavy atom. The van der Waals surface area contributed by atoms with Crippen molar-refractivity contribution < 1.29 is 52.0 Å². The highest BCUT2D eigenvalue weighted by atomic mass is 32.2. The number of rotatable bonds is 21. The molecule has 0 aliphatic heterocycles. The van der Waals surface area contributed by atoms with Crippen LogP contribution in [0.15, 0.2) is 85.1 Å². The number of carbonyl (C=O) groups excluding carboxylic acids is 3. The molecule has 1 aliphatic rings. The van der Waals surface area contributed by atoms with E-state index in [4.69, 9.17) is 4.74 Å². The van der Waals surface area contributed by atoms with E-state index in [9.17, 15) is 47.3 Å². The summed E-state index contributed by atoms with van der Waals surface area (Å²) in [6, 6.07) is 19.5. The SMILES string of the molecule is CS(=O)(=O)NC(CCCCNC(=O)OCc1ccccc1)C(=O)NC(Cc1ccc(O)cc1)P(=O)(O)CC1(C(=O)N[C@@H](Cc2c[nH]c3ccccc23)C(=O)O)CCCC1. The smallest absolute Gasteiger partial charge is 0.407 e. The first kappa shape index (κ1) is 44.9. The van der Waals surface area contributed by atoms with E-state index in [1.807, 2.05) is 54.6 Å². The zero-order valence-electron chi connectivity index (χ0n) is 32.8. The van der Waals surface area contributed by atoms with Crippen molar-refractivity contribution in [2.75, 3.05) is 19.0 Å². The van der Waals surface area contributed by atoms with Crippen molar-refractivity contribution in [3.63, 3.8) is 0 Å². The fourth-order valence-electron chi connectivity index (χ4n) is 7.44. The second-order valence-electron chi connectivity index (χ2n) is 15.2. The number of phenolic OH excluding ortho intramolecular Hbond substituents is 1. The third-order valence-corrected chi connectivity index (χ3v) is 13.6. The minimum absolute atomic E-state index is 0.0271. The number of carboxylic acid groups (broad SMARTS) is 1. The van der Waals surface area contributed by atoms with E-state index >= 15 is 0 Å². The van der Waals surface area contributed by atoms with Crippen LogP contribution in [0.3, 0.4) is 0 Å². The number of unbranched alkanes of at least 4 members (excludes halogenated alkanes) is 1. The molecule has 5 rings (SSSR count). The van der Waals surface area contributed by atoms with Gasteiger partial charge in [0.05, 0.1) is 11.7 Å². The number of nitrogens with one attached hydrogen (secondary N) is 5. The van der Waals surface area contributed by atoms with Gasteiger partial charge in [-0.1, -0.05) is 73.5 Å². The molecule has 8 N–H and O–H groups in total. The van der Waals surface area contributed by atoms with Gasteiger partial charge in [-0.05, 0) is 67.0 Å². The minimum atomic E-state index is -4.57. The number of hydrogen-bond acceptors (Lipinski definition) is 9. The molecule has 1 fully saturated rings. The Morgan fingerprint density at radius 1 is 0.881 bits per heavy atom. The first-order chi connectivity index (χ1) is 28.0. The topological polar surface area (TPSA) is 253 Å². The van der Waals surface area contributed by atoms with Crippen molar-refractivity contribution in [1.29, 1.82) is 0 Å². The van der Waals surface area contributed by atoms with E-state index in [1.165, 1.54) is 24.3 Å². The van der Waals surface area contributed by atoms with Gasteiger partial charge in [-0.15, -0.1) is 0 Å². The summed E-state index contributed by atoms with van der Waals surface area (Å²) in [4.78, 5) is 67.7. The molecule has 3 unspecified atom stereocenters. The third-order valence-electron chi connectivity index (χ3n) is 10.5. The van der Waals surface area contributed by atoms with E-state index in [-0.39, 0.29) is 57.4 Å². The summed E-state index contributed by atoms with van der Waals surface area (Å²) in [7, 11) is -8.52. The van der Waals surface area contributed by atoms with Gasteiger partial charge in [0.15, 0.2) is 0 Å². The predicted molar refractivity (Wildman–Crippen MR) is 221 cm³/mol. The van der Waals surface area contributed by atoms with Crippen molar-refractivity contribution in [2.24, 2.45) is 5.41 Å². The van der Waals surface area contributed by atoms with Gasteiger partial charge in [-0.3, -0.25) is 14.2 Å². The monoisotopic (exact) mass is 853 g/mol. The Labute approximate surface area is 343 Å². The summed E-state index contributed by atoms with van der Waals surface area (Å²) in [5.41, 5.74) is 1.32. The number of sulfonamides is 1. The van der Waals surface area contributed by atoms with Crippen LogP contribution in [0.5, 0.6) is 5.75 Å². The number of aromatic hydroxyl groups is 1. The van der Waals surface area contributed by atoms with Gasteiger partial charge in [-0.2, -0.15) is 0 Å².